The highest BCUT2D eigenvalue weighted by Gasteiger charge is 2.51. The lowest BCUT2D eigenvalue weighted by atomic mass is 9.49. The van der Waals surface area contributed by atoms with Gasteiger partial charge in [-0.1, -0.05) is 0 Å². The zero-order chi connectivity index (χ0) is 18.4. The van der Waals surface area contributed by atoms with E-state index in [9.17, 15) is 4.79 Å². The molecule has 146 valence electrons. The molecule has 5 aliphatic rings. The number of carbonyl (C=O) groups is 1. The number of amides is 1. The van der Waals surface area contributed by atoms with E-state index in [1.165, 1.54) is 38.5 Å². The summed E-state index contributed by atoms with van der Waals surface area (Å²) in [5.74, 6) is 3.64. The third kappa shape index (κ3) is 3.57. The van der Waals surface area contributed by atoms with E-state index in [-0.39, 0.29) is 6.10 Å². The molecule has 1 amide bonds. The van der Waals surface area contributed by atoms with Gasteiger partial charge in [-0.05, 0) is 87.5 Å². The average Bonchev–Trinajstić information content (AvgIpc) is 2.62. The van der Waals surface area contributed by atoms with E-state index >= 15 is 0 Å². The van der Waals surface area contributed by atoms with Gasteiger partial charge in [-0.25, -0.2) is 0 Å². The number of aryl methyl sites for hydroxylation is 1. The molecule has 4 saturated carbocycles. The number of piperidine rings is 1. The Bertz CT molecular complexity index is 667. The minimum Gasteiger partial charge on any atom is -0.471 e. The van der Waals surface area contributed by atoms with Crippen molar-refractivity contribution < 1.29 is 9.53 Å². The van der Waals surface area contributed by atoms with Crippen LogP contribution in [-0.4, -0.2) is 40.2 Å². The van der Waals surface area contributed by atoms with E-state index in [0.29, 0.717) is 23.7 Å². The number of rotatable bonds is 4. The molecule has 5 fully saturated rings. The molecule has 6 rings (SSSR count). The van der Waals surface area contributed by atoms with Crippen LogP contribution in [0.25, 0.3) is 0 Å². The molecule has 2 heterocycles. The zero-order valence-electron chi connectivity index (χ0n) is 16.4. The van der Waals surface area contributed by atoms with Crippen molar-refractivity contribution in [3.05, 3.63) is 17.8 Å². The topological polar surface area (TPSA) is 55.3 Å². The molecule has 0 aromatic carbocycles. The van der Waals surface area contributed by atoms with Gasteiger partial charge >= 0.3 is 0 Å². The Morgan fingerprint density at radius 1 is 1.15 bits per heavy atom. The first kappa shape index (κ1) is 17.4. The molecule has 1 unspecified atom stereocenters. The van der Waals surface area contributed by atoms with Crippen LogP contribution < -0.4 is 4.74 Å². The lowest BCUT2D eigenvalue weighted by Gasteiger charge is -2.57. The van der Waals surface area contributed by atoms with Crippen LogP contribution in [0.15, 0.2) is 12.1 Å². The fourth-order valence-electron chi connectivity index (χ4n) is 6.82. The molecular formula is C22H31N3O2. The van der Waals surface area contributed by atoms with Crippen LogP contribution in [-0.2, 0) is 4.79 Å². The maximum absolute atomic E-state index is 13.2. The monoisotopic (exact) mass is 369 g/mol. The highest BCUT2D eigenvalue weighted by atomic mass is 16.5. The van der Waals surface area contributed by atoms with Crippen molar-refractivity contribution in [3.63, 3.8) is 0 Å². The van der Waals surface area contributed by atoms with Crippen molar-refractivity contribution in [1.29, 1.82) is 0 Å². The molecule has 0 N–H and O–H groups in total. The second kappa shape index (κ2) is 6.75. The molecule has 4 aliphatic carbocycles. The third-order valence-corrected chi connectivity index (χ3v) is 7.48. The molecule has 5 nitrogen and oxygen atoms in total. The highest BCUT2D eigenvalue weighted by molar-refractivity contribution is 5.77. The molecule has 1 aromatic heterocycles. The fraction of sp³-hybridized carbons (Fsp3) is 0.773. The maximum atomic E-state index is 13.2. The second-order valence-electron chi connectivity index (χ2n) is 9.83. The molecule has 1 atom stereocenters. The van der Waals surface area contributed by atoms with Crippen LogP contribution in [0.5, 0.6) is 5.88 Å². The lowest BCUT2D eigenvalue weighted by molar-refractivity contribution is -0.142. The summed E-state index contributed by atoms with van der Waals surface area (Å²) in [5.41, 5.74) is 1.21. The first-order chi connectivity index (χ1) is 13.1. The molecule has 1 aliphatic heterocycles. The van der Waals surface area contributed by atoms with Crippen LogP contribution >= 0.6 is 0 Å². The smallest absolute Gasteiger partial charge is 0.233 e. The van der Waals surface area contributed by atoms with Crippen molar-refractivity contribution in [2.75, 3.05) is 13.1 Å². The summed E-state index contributed by atoms with van der Waals surface area (Å²) in [5, 5.41) is 8.18. The zero-order valence-corrected chi connectivity index (χ0v) is 16.4. The van der Waals surface area contributed by atoms with E-state index in [4.69, 9.17) is 4.74 Å². The van der Waals surface area contributed by atoms with Gasteiger partial charge in [-0.2, -0.15) is 5.10 Å². The van der Waals surface area contributed by atoms with Crippen LogP contribution in [0.1, 0.15) is 63.5 Å². The highest BCUT2D eigenvalue weighted by Crippen LogP contribution is 2.61. The Hall–Kier alpha value is -1.65. The number of hydrogen-bond acceptors (Lipinski definition) is 4. The summed E-state index contributed by atoms with van der Waals surface area (Å²) in [6, 6.07) is 3.79. The Labute approximate surface area is 161 Å². The van der Waals surface area contributed by atoms with Crippen molar-refractivity contribution in [2.24, 2.45) is 23.2 Å². The summed E-state index contributed by atoms with van der Waals surface area (Å²) in [7, 11) is 0. The minimum atomic E-state index is 0.0380. The quantitative estimate of drug-likeness (QED) is 0.811. The van der Waals surface area contributed by atoms with Gasteiger partial charge in [0.25, 0.3) is 0 Å². The third-order valence-electron chi connectivity index (χ3n) is 7.48. The molecule has 0 radical (unpaired) electrons. The Morgan fingerprint density at radius 2 is 1.85 bits per heavy atom. The Morgan fingerprint density at radius 3 is 2.48 bits per heavy atom. The van der Waals surface area contributed by atoms with Gasteiger partial charge in [0.1, 0.15) is 6.10 Å². The van der Waals surface area contributed by atoms with Crippen molar-refractivity contribution in [2.45, 2.75) is 70.8 Å². The molecule has 4 bridgehead atoms. The van der Waals surface area contributed by atoms with E-state index in [0.717, 1.165) is 49.3 Å². The summed E-state index contributed by atoms with van der Waals surface area (Å²) in [6.07, 6.45) is 11.0. The van der Waals surface area contributed by atoms with E-state index < -0.39 is 0 Å². The number of hydrogen-bond donors (Lipinski definition) is 0. The van der Waals surface area contributed by atoms with Crippen molar-refractivity contribution in [3.8, 4) is 5.88 Å². The largest absolute Gasteiger partial charge is 0.471 e. The standard InChI is InChI=1S/C22H31N3O2/c1-15-4-5-20(24-23-15)27-19-3-2-6-25(14-19)21(26)13-22-10-16-7-17(11-22)9-18(8-16)12-22/h4-5,16-19H,2-3,6-14H2,1H3. The number of carbonyl (C=O) groups excluding carboxylic acids is 1. The molecule has 1 aromatic rings. The lowest BCUT2D eigenvalue weighted by Crippen LogP contribution is -2.50. The van der Waals surface area contributed by atoms with Crippen LogP contribution in [0, 0.1) is 30.1 Å². The molecule has 0 spiro atoms. The van der Waals surface area contributed by atoms with E-state index in [2.05, 4.69) is 15.1 Å². The fourth-order valence-corrected chi connectivity index (χ4v) is 6.82. The number of likely N-dealkylation sites (tertiary alicyclic amines) is 1. The normalized spacial score (nSPS) is 37.4. The van der Waals surface area contributed by atoms with Crippen LogP contribution in [0.3, 0.4) is 0 Å². The van der Waals surface area contributed by atoms with Gasteiger partial charge in [0.15, 0.2) is 0 Å². The second-order valence-corrected chi connectivity index (χ2v) is 9.83. The van der Waals surface area contributed by atoms with Gasteiger partial charge in [-0.3, -0.25) is 4.79 Å². The van der Waals surface area contributed by atoms with Crippen LogP contribution in [0.2, 0.25) is 0 Å². The summed E-state index contributed by atoms with van der Waals surface area (Å²) in [4.78, 5) is 15.2. The molecular weight excluding hydrogens is 338 g/mol. The first-order valence-electron chi connectivity index (χ1n) is 10.8. The molecule has 27 heavy (non-hydrogen) atoms. The molecule has 1 saturated heterocycles. The van der Waals surface area contributed by atoms with Gasteiger partial charge in [0.2, 0.25) is 11.8 Å². The van der Waals surface area contributed by atoms with Crippen LogP contribution in [0.4, 0.5) is 0 Å². The minimum absolute atomic E-state index is 0.0380. The summed E-state index contributed by atoms with van der Waals surface area (Å²) in [6.45, 7) is 3.49. The summed E-state index contributed by atoms with van der Waals surface area (Å²) < 4.78 is 6.02. The number of ether oxygens (including phenoxy) is 1. The predicted molar refractivity (Wildman–Crippen MR) is 102 cm³/mol. The Balaban J connectivity index is 1.21. The summed E-state index contributed by atoms with van der Waals surface area (Å²) >= 11 is 0. The average molecular weight is 370 g/mol. The maximum Gasteiger partial charge on any atom is 0.233 e. The Kier molecular flexibility index (Phi) is 4.36. The van der Waals surface area contributed by atoms with E-state index in [1.54, 1.807) is 0 Å². The number of aromatic nitrogens is 2. The molecule has 5 heteroatoms. The van der Waals surface area contributed by atoms with Gasteiger partial charge in [-0.15, -0.1) is 5.10 Å². The van der Waals surface area contributed by atoms with E-state index in [1.807, 2.05) is 19.1 Å². The van der Waals surface area contributed by atoms with Crippen molar-refractivity contribution in [1.82, 2.24) is 15.1 Å². The van der Waals surface area contributed by atoms with Gasteiger partial charge in [0, 0.05) is 19.0 Å². The first-order valence-corrected chi connectivity index (χ1v) is 10.8. The SMILES string of the molecule is Cc1ccc(OC2CCCN(C(=O)CC34CC5CC(CC(C5)C3)C4)C2)nn1. The van der Waals surface area contributed by atoms with Gasteiger partial charge in [0.05, 0.1) is 12.2 Å². The number of nitrogens with zero attached hydrogens (tertiary/aromatic N) is 3. The van der Waals surface area contributed by atoms with Crippen molar-refractivity contribution >= 4 is 5.91 Å². The van der Waals surface area contributed by atoms with Gasteiger partial charge < -0.3 is 9.64 Å². The predicted octanol–water partition coefficient (Wildman–Crippen LogP) is 3.76.